The van der Waals surface area contributed by atoms with Gasteiger partial charge in [-0.05, 0) is 47.5 Å². The van der Waals surface area contributed by atoms with Crippen LogP contribution in [0.15, 0.2) is 65.1 Å². The number of esters is 1. The van der Waals surface area contributed by atoms with Crippen LogP contribution in [0.1, 0.15) is 26.8 Å². The van der Waals surface area contributed by atoms with Gasteiger partial charge in [-0.1, -0.05) is 18.2 Å². The summed E-state index contributed by atoms with van der Waals surface area (Å²) in [6.45, 7) is -0.426. The number of nitrogens with zero attached hydrogens (tertiary/aromatic N) is 1. The molecule has 0 fully saturated rings. The van der Waals surface area contributed by atoms with Gasteiger partial charge in [0.25, 0.3) is 5.91 Å². The van der Waals surface area contributed by atoms with Crippen LogP contribution in [0.4, 0.5) is 4.39 Å². The Labute approximate surface area is 170 Å². The Hall–Kier alpha value is -2.71. The van der Waals surface area contributed by atoms with Crippen LogP contribution in [0.3, 0.4) is 0 Å². The van der Waals surface area contributed by atoms with Crippen molar-refractivity contribution in [1.29, 1.82) is 0 Å². The fraction of sp³-hybridized carbons (Fsp3) is 0.150. The molecule has 3 aromatic rings. The molecule has 0 unspecified atom stereocenters. The first-order valence-electron chi connectivity index (χ1n) is 8.33. The Bertz CT molecular complexity index is 946. The molecule has 8 heteroatoms. The Balaban J connectivity index is 1.67. The van der Waals surface area contributed by atoms with Crippen molar-refractivity contribution < 1.29 is 18.7 Å². The largest absolute Gasteiger partial charge is 0.452 e. The smallest absolute Gasteiger partial charge is 0.341 e. The van der Waals surface area contributed by atoms with Gasteiger partial charge in [0.2, 0.25) is 0 Å². The normalized spacial score (nSPS) is 11.6. The molecular formula is C20H17FN2O3S2. The monoisotopic (exact) mass is 416 g/mol. The van der Waals surface area contributed by atoms with Crippen LogP contribution in [-0.4, -0.2) is 29.7 Å². The van der Waals surface area contributed by atoms with Crippen LogP contribution >= 0.6 is 23.1 Å². The molecule has 5 nitrogen and oxygen atoms in total. The number of ether oxygens (including phenoxy) is 1. The predicted octanol–water partition coefficient (Wildman–Crippen LogP) is 4.07. The number of thioether (sulfide) groups is 1. The Morgan fingerprint density at radius 2 is 2.00 bits per heavy atom. The van der Waals surface area contributed by atoms with Crippen LogP contribution in [0.5, 0.6) is 0 Å². The number of aromatic nitrogens is 1. The van der Waals surface area contributed by atoms with Gasteiger partial charge in [-0.15, -0.1) is 23.1 Å². The molecule has 0 aliphatic heterocycles. The number of thiophene rings is 1. The molecule has 0 saturated heterocycles. The van der Waals surface area contributed by atoms with Gasteiger partial charge in [0.1, 0.15) is 10.8 Å². The first-order valence-corrected chi connectivity index (χ1v) is 10.4. The quantitative estimate of drug-likeness (QED) is 0.465. The van der Waals surface area contributed by atoms with Gasteiger partial charge in [0.05, 0.1) is 11.6 Å². The molecule has 3 rings (SSSR count). The van der Waals surface area contributed by atoms with Gasteiger partial charge in [-0.3, -0.25) is 4.79 Å². The minimum absolute atomic E-state index is 0.316. The van der Waals surface area contributed by atoms with Crippen molar-refractivity contribution in [3.05, 3.63) is 81.9 Å². The number of amides is 1. The Morgan fingerprint density at radius 1 is 1.21 bits per heavy atom. The minimum atomic E-state index is -0.609. The predicted molar refractivity (Wildman–Crippen MR) is 107 cm³/mol. The number of hydrogen-bond donors (Lipinski definition) is 1. The number of pyridine rings is 1. The summed E-state index contributed by atoms with van der Waals surface area (Å²) in [6.07, 6.45) is 3.39. The summed E-state index contributed by atoms with van der Waals surface area (Å²) in [4.78, 5) is 29.7. The second kappa shape index (κ2) is 9.48. The van der Waals surface area contributed by atoms with Gasteiger partial charge < -0.3 is 10.1 Å². The van der Waals surface area contributed by atoms with Crippen molar-refractivity contribution in [1.82, 2.24) is 10.3 Å². The van der Waals surface area contributed by atoms with E-state index in [2.05, 4.69) is 10.3 Å². The van der Waals surface area contributed by atoms with Crippen LogP contribution in [0.25, 0.3) is 0 Å². The zero-order chi connectivity index (χ0) is 19.9. The van der Waals surface area contributed by atoms with E-state index in [1.54, 1.807) is 36.7 Å². The average Bonchev–Trinajstić information content (AvgIpc) is 3.25. The molecule has 0 radical (unpaired) electrons. The number of hydrogen-bond acceptors (Lipinski definition) is 6. The van der Waals surface area contributed by atoms with E-state index in [0.29, 0.717) is 10.6 Å². The number of carbonyl (C=O) groups is 2. The molecule has 28 heavy (non-hydrogen) atoms. The highest BCUT2D eigenvalue weighted by Crippen LogP contribution is 2.26. The highest BCUT2D eigenvalue weighted by atomic mass is 32.2. The molecule has 1 N–H and O–H groups in total. The van der Waals surface area contributed by atoms with E-state index >= 15 is 0 Å². The molecule has 0 bridgehead atoms. The maximum Gasteiger partial charge on any atom is 0.341 e. The van der Waals surface area contributed by atoms with Gasteiger partial charge in [-0.25, -0.2) is 14.2 Å². The van der Waals surface area contributed by atoms with Crippen molar-refractivity contribution in [2.45, 2.75) is 11.1 Å². The van der Waals surface area contributed by atoms with Crippen molar-refractivity contribution in [3.8, 4) is 0 Å². The van der Waals surface area contributed by atoms with Gasteiger partial charge in [-0.2, -0.15) is 0 Å². The molecule has 2 aromatic heterocycles. The summed E-state index contributed by atoms with van der Waals surface area (Å²) < 4.78 is 18.4. The standard InChI is InChI=1S/C20H17FN2O3S2/c1-27-19-15(4-2-10-22-19)20(25)26-12-17(24)23-18(16-5-3-11-28-16)13-6-8-14(21)9-7-13/h2-11,18H,12H2,1H3,(H,23,24)/t18-/m0/s1. The summed E-state index contributed by atoms with van der Waals surface area (Å²) >= 11 is 2.79. The summed E-state index contributed by atoms with van der Waals surface area (Å²) in [5, 5.41) is 5.27. The first-order chi connectivity index (χ1) is 13.6. The zero-order valence-corrected chi connectivity index (χ0v) is 16.6. The molecule has 1 amide bonds. The lowest BCUT2D eigenvalue weighted by molar-refractivity contribution is -0.124. The van der Waals surface area contributed by atoms with Gasteiger partial charge in [0.15, 0.2) is 6.61 Å². The fourth-order valence-electron chi connectivity index (χ4n) is 2.55. The van der Waals surface area contributed by atoms with E-state index in [1.807, 2.05) is 17.5 Å². The molecule has 0 saturated carbocycles. The first kappa shape index (κ1) is 20.0. The summed E-state index contributed by atoms with van der Waals surface area (Å²) in [6, 6.07) is 12.5. The van der Waals surface area contributed by atoms with Crippen LogP contribution in [-0.2, 0) is 9.53 Å². The van der Waals surface area contributed by atoms with E-state index in [-0.39, 0.29) is 5.82 Å². The number of halogens is 1. The maximum absolute atomic E-state index is 13.2. The highest BCUT2D eigenvalue weighted by Gasteiger charge is 2.20. The molecule has 1 aromatic carbocycles. The third-order valence-electron chi connectivity index (χ3n) is 3.86. The van der Waals surface area contributed by atoms with Crippen LogP contribution in [0.2, 0.25) is 0 Å². The summed E-state index contributed by atoms with van der Waals surface area (Å²) in [5.41, 5.74) is 1.05. The molecule has 144 valence electrons. The van der Waals surface area contributed by atoms with Gasteiger partial charge >= 0.3 is 5.97 Å². The van der Waals surface area contributed by atoms with Crippen molar-refractivity contribution in [3.63, 3.8) is 0 Å². The topological polar surface area (TPSA) is 68.3 Å². The molecule has 0 spiro atoms. The third-order valence-corrected chi connectivity index (χ3v) is 5.50. The average molecular weight is 416 g/mol. The van der Waals surface area contributed by atoms with Gasteiger partial charge in [0, 0.05) is 11.1 Å². The lowest BCUT2D eigenvalue weighted by Gasteiger charge is -2.18. The lowest BCUT2D eigenvalue weighted by Crippen LogP contribution is -2.32. The number of benzene rings is 1. The summed E-state index contributed by atoms with van der Waals surface area (Å²) in [5.74, 6) is -1.41. The van der Waals surface area contributed by atoms with Crippen LogP contribution in [0, 0.1) is 5.82 Å². The van der Waals surface area contributed by atoms with E-state index in [4.69, 9.17) is 4.74 Å². The molecule has 0 aliphatic rings. The van der Waals surface area contributed by atoms with E-state index in [1.165, 1.54) is 35.2 Å². The number of rotatable bonds is 7. The van der Waals surface area contributed by atoms with Crippen molar-refractivity contribution in [2.24, 2.45) is 0 Å². The third kappa shape index (κ3) is 4.96. The summed E-state index contributed by atoms with van der Waals surface area (Å²) in [7, 11) is 0. The second-order valence-corrected chi connectivity index (χ2v) is 7.48. The molecule has 1 atom stereocenters. The second-order valence-electron chi connectivity index (χ2n) is 5.70. The fourth-order valence-corrected chi connectivity index (χ4v) is 3.89. The maximum atomic E-state index is 13.2. The highest BCUT2D eigenvalue weighted by molar-refractivity contribution is 7.98. The number of carbonyl (C=O) groups excluding carboxylic acids is 2. The SMILES string of the molecule is CSc1ncccc1C(=O)OCC(=O)N[C@@H](c1ccc(F)cc1)c1cccs1. The zero-order valence-electron chi connectivity index (χ0n) is 14.9. The number of nitrogens with one attached hydrogen (secondary N) is 1. The Morgan fingerprint density at radius 3 is 2.68 bits per heavy atom. The van der Waals surface area contributed by atoms with Crippen LogP contribution < -0.4 is 5.32 Å². The van der Waals surface area contributed by atoms with E-state index < -0.39 is 24.5 Å². The Kier molecular flexibility index (Phi) is 6.78. The van der Waals surface area contributed by atoms with Crippen molar-refractivity contribution in [2.75, 3.05) is 12.9 Å². The molecule has 0 aliphatic carbocycles. The van der Waals surface area contributed by atoms with E-state index in [0.717, 1.165) is 10.4 Å². The minimum Gasteiger partial charge on any atom is -0.452 e. The molecule has 2 heterocycles. The molecular weight excluding hydrogens is 399 g/mol. The van der Waals surface area contributed by atoms with E-state index in [9.17, 15) is 14.0 Å². The lowest BCUT2D eigenvalue weighted by atomic mass is 10.1. The van der Waals surface area contributed by atoms with Crippen molar-refractivity contribution >= 4 is 35.0 Å².